The van der Waals surface area contributed by atoms with E-state index in [0.29, 0.717) is 18.0 Å². The van der Waals surface area contributed by atoms with Crippen molar-refractivity contribution >= 4 is 29.2 Å². The Bertz CT molecular complexity index is 931. The number of carbonyl (C=O) groups is 3. The van der Waals surface area contributed by atoms with Crippen LogP contribution in [0.3, 0.4) is 0 Å². The normalized spacial score (nSPS) is 16.8. The third kappa shape index (κ3) is 4.94. The fourth-order valence-corrected chi connectivity index (χ4v) is 3.14. The van der Waals surface area contributed by atoms with E-state index in [9.17, 15) is 18.8 Å². The van der Waals surface area contributed by atoms with Gasteiger partial charge >= 0.3 is 5.97 Å². The van der Waals surface area contributed by atoms with E-state index in [4.69, 9.17) is 9.47 Å². The maximum atomic E-state index is 14.0. The van der Waals surface area contributed by atoms with E-state index in [1.165, 1.54) is 30.0 Å². The van der Waals surface area contributed by atoms with Crippen LogP contribution in [0.25, 0.3) is 0 Å². The first kappa shape index (κ1) is 21.3. The summed E-state index contributed by atoms with van der Waals surface area (Å²) in [6.07, 6.45) is -1.15. The summed E-state index contributed by atoms with van der Waals surface area (Å²) in [7, 11) is 0. The molecule has 0 bridgehead atoms. The molecule has 0 radical (unpaired) electrons. The second kappa shape index (κ2) is 9.39. The van der Waals surface area contributed by atoms with Crippen molar-refractivity contribution in [2.45, 2.75) is 26.4 Å². The number of hydrogen-bond donors (Lipinski definition) is 1. The van der Waals surface area contributed by atoms with Gasteiger partial charge in [0.2, 0.25) is 5.91 Å². The average Bonchev–Trinajstić information content (AvgIpc) is 3.11. The predicted molar refractivity (Wildman–Crippen MR) is 109 cm³/mol. The van der Waals surface area contributed by atoms with E-state index in [2.05, 4.69) is 5.32 Å². The van der Waals surface area contributed by atoms with Gasteiger partial charge in [0, 0.05) is 18.7 Å². The number of hydrogen-bond acceptors (Lipinski definition) is 5. The van der Waals surface area contributed by atoms with E-state index in [1.54, 1.807) is 30.3 Å². The number of nitrogens with zero attached hydrogens (tertiary/aromatic N) is 1. The minimum Gasteiger partial charge on any atom is -0.494 e. The van der Waals surface area contributed by atoms with Crippen molar-refractivity contribution in [1.82, 2.24) is 0 Å². The maximum Gasteiger partial charge on any atom is 0.312 e. The van der Waals surface area contributed by atoms with Gasteiger partial charge in [0.15, 0.2) is 6.10 Å². The van der Waals surface area contributed by atoms with Crippen LogP contribution in [0.4, 0.5) is 15.8 Å². The molecule has 1 saturated heterocycles. The number of ether oxygens (including phenoxy) is 2. The number of benzene rings is 2. The summed E-state index contributed by atoms with van der Waals surface area (Å²) >= 11 is 0. The van der Waals surface area contributed by atoms with Crippen LogP contribution >= 0.6 is 0 Å². The minimum absolute atomic E-state index is 0.00578. The Morgan fingerprint density at radius 3 is 2.57 bits per heavy atom. The molecule has 1 N–H and O–H groups in total. The molecule has 2 atom stereocenters. The van der Waals surface area contributed by atoms with Gasteiger partial charge in [0.25, 0.3) is 5.91 Å². The van der Waals surface area contributed by atoms with Gasteiger partial charge in [-0.2, -0.15) is 0 Å². The number of halogens is 1. The molecule has 30 heavy (non-hydrogen) atoms. The first-order chi connectivity index (χ1) is 14.4. The Balaban J connectivity index is 1.55. The number of amides is 2. The van der Waals surface area contributed by atoms with E-state index in [-0.39, 0.29) is 24.6 Å². The molecule has 1 fully saturated rings. The Morgan fingerprint density at radius 1 is 1.20 bits per heavy atom. The molecule has 2 aromatic rings. The fourth-order valence-electron chi connectivity index (χ4n) is 3.14. The van der Waals surface area contributed by atoms with E-state index in [1.807, 2.05) is 6.92 Å². The van der Waals surface area contributed by atoms with Crippen molar-refractivity contribution in [2.75, 3.05) is 23.4 Å². The second-order valence-corrected chi connectivity index (χ2v) is 6.88. The van der Waals surface area contributed by atoms with Gasteiger partial charge in [0.1, 0.15) is 11.6 Å². The third-order valence-electron chi connectivity index (χ3n) is 4.70. The highest BCUT2D eigenvalue weighted by Crippen LogP contribution is 2.28. The van der Waals surface area contributed by atoms with Crippen LogP contribution in [0, 0.1) is 11.7 Å². The number of carbonyl (C=O) groups excluding carboxylic acids is 3. The van der Waals surface area contributed by atoms with Crippen LogP contribution in [0.2, 0.25) is 0 Å². The molecular formula is C22H23FN2O5. The Hall–Kier alpha value is -3.42. The second-order valence-electron chi connectivity index (χ2n) is 6.88. The molecular weight excluding hydrogens is 391 g/mol. The molecule has 2 amide bonds. The number of para-hydroxylation sites is 1. The monoisotopic (exact) mass is 414 g/mol. The van der Waals surface area contributed by atoms with Crippen molar-refractivity contribution in [1.29, 1.82) is 0 Å². The van der Waals surface area contributed by atoms with Gasteiger partial charge in [-0.1, -0.05) is 12.1 Å². The zero-order valence-electron chi connectivity index (χ0n) is 16.8. The molecule has 158 valence electrons. The van der Waals surface area contributed by atoms with Crippen LogP contribution in [-0.2, 0) is 19.1 Å². The summed E-state index contributed by atoms with van der Waals surface area (Å²) in [4.78, 5) is 38.2. The third-order valence-corrected chi connectivity index (χ3v) is 4.70. The van der Waals surface area contributed by atoms with Crippen LogP contribution in [0.15, 0.2) is 48.5 Å². The van der Waals surface area contributed by atoms with Crippen molar-refractivity contribution in [2.24, 2.45) is 5.92 Å². The van der Waals surface area contributed by atoms with Gasteiger partial charge in [0.05, 0.1) is 18.2 Å². The zero-order valence-corrected chi connectivity index (χ0v) is 16.8. The SMILES string of the molecule is CCOc1ccc(NC(=O)[C@H](C)OC(=O)[C@H]2CC(=O)N(c3ccccc3F)C2)cc1. The summed E-state index contributed by atoms with van der Waals surface area (Å²) in [5, 5.41) is 2.66. The van der Waals surface area contributed by atoms with Gasteiger partial charge < -0.3 is 19.7 Å². The first-order valence-electron chi connectivity index (χ1n) is 9.68. The molecule has 0 aliphatic carbocycles. The summed E-state index contributed by atoms with van der Waals surface area (Å²) in [5.41, 5.74) is 0.659. The van der Waals surface area contributed by atoms with Crippen LogP contribution < -0.4 is 15.0 Å². The summed E-state index contributed by atoms with van der Waals surface area (Å²) in [5.74, 6) is -2.16. The topological polar surface area (TPSA) is 84.9 Å². The van der Waals surface area contributed by atoms with Crippen molar-refractivity contribution in [3.8, 4) is 5.75 Å². The number of anilines is 2. The highest BCUT2D eigenvalue weighted by Gasteiger charge is 2.38. The lowest BCUT2D eigenvalue weighted by Crippen LogP contribution is -2.33. The first-order valence-corrected chi connectivity index (χ1v) is 9.68. The number of rotatable bonds is 7. The number of nitrogens with one attached hydrogen (secondary N) is 1. The molecule has 2 aromatic carbocycles. The predicted octanol–water partition coefficient (Wildman–Crippen LogP) is 3.15. The van der Waals surface area contributed by atoms with E-state index >= 15 is 0 Å². The molecule has 1 aliphatic heterocycles. The Morgan fingerprint density at radius 2 is 1.90 bits per heavy atom. The van der Waals surface area contributed by atoms with Crippen LogP contribution in [0.1, 0.15) is 20.3 Å². The van der Waals surface area contributed by atoms with E-state index in [0.717, 1.165) is 0 Å². The van der Waals surface area contributed by atoms with Crippen molar-refractivity contribution in [3.63, 3.8) is 0 Å². The molecule has 1 heterocycles. The summed E-state index contributed by atoms with van der Waals surface area (Å²) < 4.78 is 24.6. The largest absolute Gasteiger partial charge is 0.494 e. The van der Waals surface area contributed by atoms with Gasteiger partial charge in [-0.05, 0) is 50.2 Å². The Kier molecular flexibility index (Phi) is 6.66. The Labute approximate surface area is 173 Å². The molecule has 0 saturated carbocycles. The maximum absolute atomic E-state index is 14.0. The van der Waals surface area contributed by atoms with Gasteiger partial charge in [-0.25, -0.2) is 4.39 Å². The summed E-state index contributed by atoms with van der Waals surface area (Å²) in [6, 6.07) is 12.7. The van der Waals surface area contributed by atoms with Crippen molar-refractivity contribution in [3.05, 3.63) is 54.3 Å². The molecule has 7 nitrogen and oxygen atoms in total. The lowest BCUT2D eigenvalue weighted by atomic mass is 10.1. The molecule has 0 unspecified atom stereocenters. The van der Waals surface area contributed by atoms with Gasteiger partial charge in [-0.15, -0.1) is 0 Å². The number of esters is 1. The van der Waals surface area contributed by atoms with Crippen LogP contribution in [0.5, 0.6) is 5.75 Å². The molecule has 0 spiro atoms. The smallest absolute Gasteiger partial charge is 0.312 e. The van der Waals surface area contributed by atoms with E-state index < -0.39 is 29.7 Å². The lowest BCUT2D eigenvalue weighted by Gasteiger charge is -2.18. The minimum atomic E-state index is -1.05. The standard InChI is InChI=1S/C22H23FN2O5/c1-3-29-17-10-8-16(9-11-17)24-21(27)14(2)30-22(28)15-12-20(26)25(13-15)19-7-5-4-6-18(19)23/h4-11,14-15H,3,12-13H2,1-2H3,(H,24,27)/t14-,15-/m0/s1. The average molecular weight is 414 g/mol. The van der Waals surface area contributed by atoms with Gasteiger partial charge in [-0.3, -0.25) is 14.4 Å². The van der Waals surface area contributed by atoms with Crippen LogP contribution in [-0.4, -0.2) is 37.0 Å². The quantitative estimate of drug-likeness (QED) is 0.704. The molecule has 3 rings (SSSR count). The summed E-state index contributed by atoms with van der Waals surface area (Å²) in [6.45, 7) is 3.87. The zero-order chi connectivity index (χ0) is 21.7. The highest BCUT2D eigenvalue weighted by molar-refractivity contribution is 6.00. The molecule has 8 heteroatoms. The fraction of sp³-hybridized carbons (Fsp3) is 0.318. The molecule has 0 aromatic heterocycles. The lowest BCUT2D eigenvalue weighted by molar-refractivity contribution is -0.157. The highest BCUT2D eigenvalue weighted by atomic mass is 19.1. The molecule has 1 aliphatic rings. The van der Waals surface area contributed by atoms with Crippen molar-refractivity contribution < 1.29 is 28.2 Å².